The van der Waals surface area contributed by atoms with Gasteiger partial charge < -0.3 is 9.30 Å². The monoisotopic (exact) mass is 337 g/mol. The van der Waals surface area contributed by atoms with Crippen LogP contribution >= 0.6 is 11.3 Å². The second-order valence-corrected chi connectivity index (χ2v) is 6.29. The molecule has 3 rings (SSSR count). The van der Waals surface area contributed by atoms with Gasteiger partial charge in [0.05, 0.1) is 19.0 Å². The molecule has 0 amide bonds. The number of aromatic nitrogens is 1. The summed E-state index contributed by atoms with van der Waals surface area (Å²) >= 11 is 1.57. The quantitative estimate of drug-likeness (QED) is 0.524. The molecule has 0 aliphatic carbocycles. The van der Waals surface area contributed by atoms with Crippen molar-refractivity contribution in [2.75, 3.05) is 7.11 Å². The van der Waals surface area contributed by atoms with E-state index in [0.717, 1.165) is 27.4 Å². The summed E-state index contributed by atoms with van der Waals surface area (Å²) in [7, 11) is 3.67. The largest absolute Gasteiger partial charge is 0.497 e. The third-order valence-corrected chi connectivity index (χ3v) is 4.61. The van der Waals surface area contributed by atoms with Crippen LogP contribution in [0.3, 0.4) is 0 Å². The summed E-state index contributed by atoms with van der Waals surface area (Å²) in [5, 5.41) is 10.6. The van der Waals surface area contributed by atoms with Gasteiger partial charge in [-0.05, 0) is 42.3 Å². The Balaban J connectivity index is 1.86. The Hall–Kier alpha value is -2.66. The first-order valence-electron chi connectivity index (χ1n) is 7.60. The first-order valence-corrected chi connectivity index (χ1v) is 8.48. The molecule has 122 valence electrons. The van der Waals surface area contributed by atoms with E-state index in [9.17, 15) is 0 Å². The molecule has 24 heavy (non-hydrogen) atoms. The number of thiazole rings is 1. The maximum Gasteiger partial charge on any atom is 0.210 e. The van der Waals surface area contributed by atoms with Gasteiger partial charge in [0, 0.05) is 12.4 Å². The maximum absolute atomic E-state index is 5.20. The standard InChI is InChI=1S/C19H19N3OS/c1-14-5-4-6-15(11-14)12-20-21-19-22(2)18(13-24-19)16-7-9-17(23-3)10-8-16/h4-13H,1-3H3/b20-12+,21-19-. The number of ether oxygens (including phenoxy) is 1. The predicted octanol–water partition coefficient (Wildman–Crippen LogP) is 4.01. The molecule has 0 saturated heterocycles. The van der Waals surface area contributed by atoms with E-state index in [4.69, 9.17) is 4.74 Å². The van der Waals surface area contributed by atoms with E-state index in [0.29, 0.717) is 0 Å². The fourth-order valence-electron chi connectivity index (χ4n) is 2.38. The highest BCUT2D eigenvalue weighted by atomic mass is 32.1. The fourth-order valence-corrected chi connectivity index (χ4v) is 3.24. The van der Waals surface area contributed by atoms with Crippen molar-refractivity contribution < 1.29 is 4.74 Å². The van der Waals surface area contributed by atoms with Crippen molar-refractivity contribution in [3.63, 3.8) is 0 Å². The van der Waals surface area contributed by atoms with Gasteiger partial charge in [-0.2, -0.15) is 5.10 Å². The van der Waals surface area contributed by atoms with E-state index in [1.54, 1.807) is 24.7 Å². The van der Waals surface area contributed by atoms with Gasteiger partial charge in [0.1, 0.15) is 5.75 Å². The van der Waals surface area contributed by atoms with Crippen LogP contribution in [-0.4, -0.2) is 17.9 Å². The smallest absolute Gasteiger partial charge is 0.210 e. The topological polar surface area (TPSA) is 38.9 Å². The van der Waals surface area contributed by atoms with Crippen molar-refractivity contribution in [3.8, 4) is 17.0 Å². The Bertz CT molecular complexity index is 920. The predicted molar refractivity (Wildman–Crippen MR) is 99.6 cm³/mol. The highest BCUT2D eigenvalue weighted by Gasteiger charge is 2.04. The van der Waals surface area contributed by atoms with Crippen LogP contribution in [0, 0.1) is 6.92 Å². The van der Waals surface area contributed by atoms with Crippen LogP contribution in [0.25, 0.3) is 11.3 Å². The second kappa shape index (κ2) is 7.27. The zero-order valence-electron chi connectivity index (χ0n) is 13.9. The Morgan fingerprint density at radius 2 is 1.92 bits per heavy atom. The lowest BCUT2D eigenvalue weighted by Gasteiger charge is -2.04. The molecule has 0 unspecified atom stereocenters. The Labute approximate surface area is 145 Å². The highest BCUT2D eigenvalue weighted by Crippen LogP contribution is 2.22. The second-order valence-electron chi connectivity index (χ2n) is 5.45. The van der Waals surface area contributed by atoms with E-state index >= 15 is 0 Å². The van der Waals surface area contributed by atoms with Crippen LogP contribution in [-0.2, 0) is 7.05 Å². The summed E-state index contributed by atoms with van der Waals surface area (Å²) in [6.07, 6.45) is 1.78. The summed E-state index contributed by atoms with van der Waals surface area (Å²) in [4.78, 5) is 0.852. The van der Waals surface area contributed by atoms with Gasteiger partial charge in [-0.3, -0.25) is 0 Å². The maximum atomic E-state index is 5.20. The Morgan fingerprint density at radius 1 is 1.12 bits per heavy atom. The van der Waals surface area contributed by atoms with Gasteiger partial charge in [0.2, 0.25) is 4.80 Å². The van der Waals surface area contributed by atoms with Crippen LogP contribution in [0.5, 0.6) is 5.75 Å². The molecule has 1 aromatic heterocycles. The van der Waals surface area contributed by atoms with Crippen LogP contribution in [0.1, 0.15) is 11.1 Å². The SMILES string of the molecule is COc1ccc(-c2cs/c(=N\N=C\c3cccc(C)c3)n2C)cc1. The number of benzene rings is 2. The molecule has 0 radical (unpaired) electrons. The molecular weight excluding hydrogens is 318 g/mol. The van der Waals surface area contributed by atoms with Crippen LogP contribution < -0.4 is 9.54 Å². The van der Waals surface area contributed by atoms with Crippen molar-refractivity contribution >= 4 is 17.6 Å². The van der Waals surface area contributed by atoms with E-state index in [1.807, 2.05) is 48.0 Å². The van der Waals surface area contributed by atoms with Crippen molar-refractivity contribution in [3.05, 3.63) is 69.8 Å². The van der Waals surface area contributed by atoms with Crippen LogP contribution in [0.2, 0.25) is 0 Å². The molecule has 3 aromatic rings. The van der Waals surface area contributed by atoms with Gasteiger partial charge in [-0.1, -0.05) is 29.8 Å². The lowest BCUT2D eigenvalue weighted by Crippen LogP contribution is -2.10. The molecular formula is C19H19N3OS. The van der Waals surface area contributed by atoms with Crippen LogP contribution in [0.4, 0.5) is 0 Å². The van der Waals surface area contributed by atoms with E-state index in [-0.39, 0.29) is 0 Å². The lowest BCUT2D eigenvalue weighted by atomic mass is 10.1. The van der Waals surface area contributed by atoms with Gasteiger partial charge in [0.15, 0.2) is 0 Å². The zero-order valence-corrected chi connectivity index (χ0v) is 14.7. The molecule has 0 aliphatic rings. The summed E-state index contributed by atoms with van der Waals surface area (Å²) in [6, 6.07) is 16.2. The molecule has 0 N–H and O–H groups in total. The van der Waals surface area contributed by atoms with Gasteiger partial charge in [-0.15, -0.1) is 16.4 Å². The molecule has 4 nitrogen and oxygen atoms in total. The third kappa shape index (κ3) is 3.63. The van der Waals surface area contributed by atoms with E-state index in [1.165, 1.54) is 5.56 Å². The molecule has 0 spiro atoms. The molecule has 2 aromatic carbocycles. The highest BCUT2D eigenvalue weighted by molar-refractivity contribution is 7.07. The zero-order chi connectivity index (χ0) is 16.9. The van der Waals surface area contributed by atoms with Crippen molar-refractivity contribution in [1.29, 1.82) is 0 Å². The first-order chi connectivity index (χ1) is 11.7. The molecule has 5 heteroatoms. The van der Waals surface area contributed by atoms with Gasteiger partial charge in [-0.25, -0.2) is 0 Å². The molecule has 0 bridgehead atoms. The minimum atomic E-state index is 0.851. The summed E-state index contributed by atoms with van der Waals surface area (Å²) in [5.41, 5.74) is 4.49. The molecule has 1 heterocycles. The van der Waals surface area contributed by atoms with Gasteiger partial charge in [0.25, 0.3) is 0 Å². The minimum absolute atomic E-state index is 0.851. The first kappa shape index (κ1) is 16.2. The number of hydrogen-bond donors (Lipinski definition) is 0. The van der Waals surface area contributed by atoms with Gasteiger partial charge >= 0.3 is 0 Å². The number of methoxy groups -OCH3 is 1. The number of nitrogens with zero attached hydrogens (tertiary/aromatic N) is 3. The average molecular weight is 337 g/mol. The molecule has 0 saturated carbocycles. The number of hydrogen-bond acceptors (Lipinski definition) is 4. The number of rotatable bonds is 4. The van der Waals surface area contributed by atoms with E-state index in [2.05, 4.69) is 34.6 Å². The summed E-state index contributed by atoms with van der Waals surface area (Å²) in [6.45, 7) is 2.06. The van der Waals surface area contributed by atoms with E-state index < -0.39 is 0 Å². The lowest BCUT2D eigenvalue weighted by molar-refractivity contribution is 0.415. The Morgan fingerprint density at radius 3 is 2.62 bits per heavy atom. The normalized spacial score (nSPS) is 12.0. The molecule has 0 fully saturated rings. The number of aryl methyl sites for hydroxylation is 1. The van der Waals surface area contributed by atoms with Crippen molar-refractivity contribution in [2.45, 2.75) is 6.92 Å². The van der Waals surface area contributed by atoms with Crippen molar-refractivity contribution in [2.24, 2.45) is 17.3 Å². The molecule has 0 aliphatic heterocycles. The van der Waals surface area contributed by atoms with Crippen LogP contribution in [0.15, 0.2) is 64.1 Å². The molecule has 0 atom stereocenters. The minimum Gasteiger partial charge on any atom is -0.497 e. The summed E-state index contributed by atoms with van der Waals surface area (Å²) in [5.74, 6) is 0.851. The third-order valence-electron chi connectivity index (χ3n) is 3.70. The fraction of sp³-hybridized carbons (Fsp3) is 0.158. The Kier molecular flexibility index (Phi) is 4.91. The summed E-state index contributed by atoms with van der Waals surface area (Å²) < 4.78 is 7.24. The average Bonchev–Trinajstić information content (AvgIpc) is 2.96. The van der Waals surface area contributed by atoms with Crippen molar-refractivity contribution in [1.82, 2.24) is 4.57 Å².